The summed E-state index contributed by atoms with van der Waals surface area (Å²) in [7, 11) is 27.3. The maximum Gasteiger partial charge on any atom is 0.366 e. The molecule has 6 heterocycles. The summed E-state index contributed by atoms with van der Waals surface area (Å²) in [5.74, 6) is -14.8. The molecule has 3 amide bonds. The molecule has 49 nitrogen and oxygen atoms in total. The number of aliphatic hydroxyl groups excluding tert-OH is 16. The molecule has 32 unspecified atom stereocenters. The first-order chi connectivity index (χ1) is 61.0. The SMILES string of the molecule is CC[C@@H](C)[C@@H](C)C1OC(OC)(C(=O)N(C)C)CC(C)C1NC.CC[C@@H](C)[C@@H](C)C1OC(OC)(C(=O)O)CC(C)C1NC.CN.CNC.CNC1C(O)CC(OC)(C(=O)N(C)C)OC1C(O)C(O)CO.CNC1C(O)CC(OC)(C(=O)O)OC1C(O)C(O)CO.COC(=O)C1(OC)CC(O)C(NC(C)=O)C(C(O)C(O)CO)O1.COC1(C(=O)O)CC(O)C(N)C(C(O)C(O)CO)O1. The molecule has 6 rings (SSSR count). The van der Waals surface area contributed by atoms with Gasteiger partial charge in [-0.3, -0.25) is 14.4 Å². The number of carbonyl (C=O) groups is 7. The molecule has 0 spiro atoms. The van der Waals surface area contributed by atoms with E-state index >= 15 is 0 Å². The van der Waals surface area contributed by atoms with Crippen molar-refractivity contribution in [2.24, 2.45) is 47.0 Å². The predicted molar refractivity (Wildman–Crippen MR) is 466 cm³/mol. The van der Waals surface area contributed by atoms with Crippen molar-refractivity contribution in [3.8, 4) is 0 Å². The average molecular weight is 1910 g/mol. The second kappa shape index (κ2) is 59.9. The molecule has 36 atom stereocenters. The molecule has 6 aliphatic rings. The van der Waals surface area contributed by atoms with Gasteiger partial charge >= 0.3 is 23.9 Å². The van der Waals surface area contributed by atoms with Crippen molar-refractivity contribution >= 4 is 41.6 Å². The number of rotatable bonds is 35. The molecule has 131 heavy (non-hydrogen) atoms. The fraction of sp³-hybridized carbons (Fsp3) is 0.915. The number of likely N-dealkylation sites (N-methyl/N-ethyl adjacent to an activating group) is 6. The number of carbonyl (C=O) groups excluding carboxylic acids is 4. The van der Waals surface area contributed by atoms with Gasteiger partial charge in [-0.25, -0.2) is 19.2 Å². The summed E-state index contributed by atoms with van der Waals surface area (Å²) >= 11 is 0. The van der Waals surface area contributed by atoms with Crippen LogP contribution in [0, 0.1) is 35.5 Å². The molecule has 0 aromatic carbocycles. The Morgan fingerprint density at radius 2 is 0.634 bits per heavy atom. The van der Waals surface area contributed by atoms with Crippen LogP contribution in [0.3, 0.4) is 0 Å². The summed E-state index contributed by atoms with van der Waals surface area (Å²) in [6, 6.07) is -3.46. The smallest absolute Gasteiger partial charge is 0.366 e. The van der Waals surface area contributed by atoms with Crippen LogP contribution in [-0.4, -0.2) is 483 Å². The Bertz CT molecular complexity index is 3140. The third-order valence-electron chi connectivity index (χ3n) is 24.5. The van der Waals surface area contributed by atoms with Crippen molar-refractivity contribution in [2.45, 2.75) is 295 Å². The summed E-state index contributed by atoms with van der Waals surface area (Å²) in [5, 5.41) is 199. The van der Waals surface area contributed by atoms with E-state index < -0.39 is 225 Å². The lowest BCUT2D eigenvalue weighted by Crippen LogP contribution is -2.68. The number of ether oxygens (including phenoxy) is 13. The summed E-state index contributed by atoms with van der Waals surface area (Å²) in [4.78, 5) is 85.1. The van der Waals surface area contributed by atoms with Gasteiger partial charge in [-0.1, -0.05) is 68.2 Å². The molecule has 6 aliphatic heterocycles. The summed E-state index contributed by atoms with van der Waals surface area (Å²) in [6.07, 6.45) is -21.3. The minimum Gasteiger partial charge on any atom is -0.477 e. The van der Waals surface area contributed by atoms with Crippen LogP contribution < -0.4 is 43.4 Å². The van der Waals surface area contributed by atoms with Gasteiger partial charge in [-0.15, -0.1) is 0 Å². The quantitative estimate of drug-likeness (QED) is 0.0262. The molecule has 29 N–H and O–H groups in total. The highest BCUT2D eigenvalue weighted by molar-refractivity contribution is 5.84. The van der Waals surface area contributed by atoms with E-state index in [4.69, 9.17) is 88.1 Å². The van der Waals surface area contributed by atoms with E-state index in [-0.39, 0.29) is 61.3 Å². The van der Waals surface area contributed by atoms with Gasteiger partial charge in [0.25, 0.3) is 40.7 Å². The van der Waals surface area contributed by atoms with Gasteiger partial charge in [0.05, 0.1) is 94.3 Å². The Morgan fingerprint density at radius 3 is 0.916 bits per heavy atom. The lowest BCUT2D eigenvalue weighted by atomic mass is 9.77. The number of nitrogens with two attached hydrogens (primary N) is 2. The molecule has 0 aromatic heterocycles. The monoisotopic (exact) mass is 1910 g/mol. The zero-order valence-electron chi connectivity index (χ0n) is 81.0. The van der Waals surface area contributed by atoms with E-state index in [2.05, 4.69) is 97.8 Å². The fourth-order valence-electron chi connectivity index (χ4n) is 16.0. The predicted octanol–water partition coefficient (Wildman–Crippen LogP) is -9.16. The molecule has 0 radical (unpaired) electrons. The highest BCUT2D eigenvalue weighted by Gasteiger charge is 2.61. The van der Waals surface area contributed by atoms with E-state index in [9.17, 15) is 105 Å². The number of nitrogens with one attached hydrogen (secondary N) is 6. The number of methoxy groups -OCH3 is 7. The van der Waals surface area contributed by atoms with Crippen molar-refractivity contribution in [3.63, 3.8) is 0 Å². The fourth-order valence-corrected chi connectivity index (χ4v) is 16.0. The average Bonchev–Trinajstić information content (AvgIpc) is 0.753. The first-order valence-corrected chi connectivity index (χ1v) is 43.1. The van der Waals surface area contributed by atoms with Crippen molar-refractivity contribution in [1.29, 1.82) is 0 Å². The number of amides is 3. The number of carboxylic acids is 3. The maximum absolute atomic E-state index is 12.7. The number of aliphatic hydroxyl groups is 16. The van der Waals surface area contributed by atoms with Gasteiger partial charge in [-0.05, 0) is 84.8 Å². The van der Waals surface area contributed by atoms with Gasteiger partial charge in [0.1, 0.15) is 73.2 Å². The third-order valence-corrected chi connectivity index (χ3v) is 24.5. The van der Waals surface area contributed by atoms with Crippen LogP contribution in [-0.2, 0) is 95.1 Å². The minimum atomic E-state index is -2.16. The van der Waals surface area contributed by atoms with Gasteiger partial charge in [-0.2, -0.15) is 0 Å². The molecule has 0 aromatic rings. The molecular weight excluding hydrogens is 1750 g/mol. The first kappa shape index (κ1) is 128. The third kappa shape index (κ3) is 33.0. The van der Waals surface area contributed by atoms with Gasteiger partial charge in [0.2, 0.25) is 11.7 Å². The van der Waals surface area contributed by atoms with Crippen LogP contribution in [0.25, 0.3) is 0 Å². The Balaban J connectivity index is 0. The Labute approximate surface area is 768 Å². The molecule has 0 saturated carbocycles. The Kier molecular flexibility index (Phi) is 58.5. The van der Waals surface area contributed by atoms with E-state index in [1.165, 1.54) is 54.2 Å². The highest BCUT2D eigenvalue weighted by atomic mass is 16.8. The molecule has 776 valence electrons. The number of esters is 1. The lowest BCUT2D eigenvalue weighted by Gasteiger charge is -2.49. The van der Waals surface area contributed by atoms with E-state index in [0.717, 1.165) is 41.3 Å². The van der Waals surface area contributed by atoms with Crippen molar-refractivity contribution in [2.75, 3.05) is 154 Å². The van der Waals surface area contributed by atoms with Crippen molar-refractivity contribution in [1.82, 2.24) is 41.7 Å². The number of nitrogens with zero attached hydrogens (tertiary/aromatic N) is 2. The standard InChI is InChI=1S/C17H34N2O3.C15H29NO4.C13H26N2O7.C13H23NO9.C11H21NO8.C10H19NO8.C2H7N.CH5N/c1-9-11(2)13(4)15-14(18-5)12(3)10-17(21-8,22-15)16(20)19(6)7;1-7-9(2)11(4)13-12(16-5)10(3)8-15(19-6,20-13)14(17)18;1-14-9-7(17)5-13(21-4,12(20)15(2)3)22-11(9)10(19)8(18)6-16;1-6(16)14-9-7(17)4-13(22-3,12(20)21-2)23-11(9)10(19)8(18)5-15;1-12-7-5(14)3-11(19-2,10(17)18)20-9(7)8(16)6(15)4-13;1-18-10(9(16)17)2-4(13)6(11)8(19-10)7(15)5(14)3-12;1-3-2;1-2/h11-15,18H,9-10H2,1-8H3;9-13,16H,7-8H2,1-6H3,(H,17,18);7-11,14,16-19H,5-6H2,1-4H3;7-11,15,17-19H,4-5H2,1-3H3,(H,14,16);5-9,12-16H,3-4H2,1-2H3,(H,17,18);4-8,12-15H,2-3,11H2,1H3,(H,16,17);3H,1-2H3;2H2,1H3/t11-,12?,13-,14?,15?,17?;9-,10?,11-,12?,13?,15?;;;;;;/m11....../s1. The lowest BCUT2D eigenvalue weighted by molar-refractivity contribution is -0.305. The normalized spacial score (nSPS) is 34.9. The zero-order valence-corrected chi connectivity index (χ0v) is 81.0. The van der Waals surface area contributed by atoms with Crippen LogP contribution in [0.2, 0.25) is 0 Å². The second-order valence-electron chi connectivity index (χ2n) is 33.5. The van der Waals surface area contributed by atoms with Crippen LogP contribution in [0.5, 0.6) is 0 Å². The zero-order chi connectivity index (χ0) is 102. The van der Waals surface area contributed by atoms with E-state index in [1.807, 2.05) is 28.2 Å². The summed E-state index contributed by atoms with van der Waals surface area (Å²) in [6.45, 7) is 15.5. The number of hydrogen-bond donors (Lipinski definition) is 27. The second-order valence-corrected chi connectivity index (χ2v) is 33.5. The van der Waals surface area contributed by atoms with E-state index in [1.54, 1.807) is 33.2 Å². The molecule has 6 fully saturated rings. The molecule has 6 saturated heterocycles. The molecule has 0 aliphatic carbocycles. The number of aliphatic carboxylic acids is 3. The summed E-state index contributed by atoms with van der Waals surface area (Å²) < 4.78 is 69.1. The van der Waals surface area contributed by atoms with Crippen molar-refractivity contribution in [3.05, 3.63) is 0 Å². The van der Waals surface area contributed by atoms with Crippen LogP contribution in [0.15, 0.2) is 0 Å². The Morgan fingerprint density at radius 1 is 0.397 bits per heavy atom. The van der Waals surface area contributed by atoms with Crippen molar-refractivity contribution < 1.29 is 192 Å². The highest BCUT2D eigenvalue weighted by Crippen LogP contribution is 2.43. The molecule has 49 heteroatoms. The summed E-state index contributed by atoms with van der Waals surface area (Å²) in [5.41, 5.74) is 10.1. The topological polar surface area (TPSA) is 755 Å². The first-order valence-electron chi connectivity index (χ1n) is 43.1. The number of carboxylic acid groups (broad SMARTS) is 3. The molecular formula is C82H164N10O39. The van der Waals surface area contributed by atoms with Crippen LogP contribution >= 0.6 is 0 Å². The van der Waals surface area contributed by atoms with E-state index in [0.29, 0.717) is 36.5 Å². The maximum atomic E-state index is 12.7. The minimum absolute atomic E-state index is 0.0486. The number of hydrogen-bond acceptors (Lipinski definition) is 43. The van der Waals surface area contributed by atoms with Crippen LogP contribution in [0.1, 0.15) is 114 Å². The Hall–Kier alpha value is -5.11. The largest absolute Gasteiger partial charge is 0.477 e. The van der Waals surface area contributed by atoms with Gasteiger partial charge in [0.15, 0.2) is 0 Å². The van der Waals surface area contributed by atoms with Gasteiger partial charge in [0, 0.05) is 128 Å². The van der Waals surface area contributed by atoms with Crippen LogP contribution in [0.4, 0.5) is 0 Å². The van der Waals surface area contributed by atoms with Gasteiger partial charge < -0.3 is 212 Å². The molecule has 0 bridgehead atoms.